The van der Waals surface area contributed by atoms with Crippen LogP contribution in [-0.4, -0.2) is 10.1 Å². The van der Waals surface area contributed by atoms with Crippen molar-refractivity contribution in [2.45, 2.75) is 6.10 Å². The lowest BCUT2D eigenvalue weighted by atomic mass is 10.1. The monoisotopic (exact) mass is 303 g/mol. The summed E-state index contributed by atoms with van der Waals surface area (Å²) < 4.78 is 6.46. The van der Waals surface area contributed by atoms with Gasteiger partial charge in [-0.3, -0.25) is 4.98 Å². The molecule has 0 bridgehead atoms. The smallest absolute Gasteiger partial charge is 0.138 e. The van der Waals surface area contributed by atoms with Gasteiger partial charge in [-0.25, -0.2) is 0 Å². The molecular weight excluding hydrogens is 294 g/mol. The van der Waals surface area contributed by atoms with Gasteiger partial charge in [-0.1, -0.05) is 18.2 Å². The van der Waals surface area contributed by atoms with E-state index in [1.165, 1.54) is 0 Å². The molecule has 1 aromatic carbocycles. The van der Waals surface area contributed by atoms with E-state index in [4.69, 9.17) is 4.42 Å². The number of para-hydroxylation sites is 1. The van der Waals surface area contributed by atoms with Crippen LogP contribution in [0.2, 0.25) is 0 Å². The maximum Gasteiger partial charge on any atom is 0.138 e. The first-order chi connectivity index (χ1) is 8.74. The second kappa shape index (κ2) is 4.55. The maximum atomic E-state index is 10.3. The average molecular weight is 304 g/mol. The first kappa shape index (κ1) is 11.4. The Morgan fingerprint density at radius 2 is 2.00 bits per heavy atom. The standard InChI is InChI=1S/C14H10BrNO2/c15-11-5-10(7-16-8-11)14(17)13-6-9-3-1-2-4-12(9)18-13/h1-8,14,17H. The van der Waals surface area contributed by atoms with Gasteiger partial charge in [-0.05, 0) is 34.1 Å². The lowest BCUT2D eigenvalue weighted by Gasteiger charge is -2.07. The van der Waals surface area contributed by atoms with Gasteiger partial charge in [0.25, 0.3) is 0 Å². The van der Waals surface area contributed by atoms with Crippen LogP contribution >= 0.6 is 15.9 Å². The predicted octanol–water partition coefficient (Wildman–Crippen LogP) is 3.67. The topological polar surface area (TPSA) is 46.3 Å². The summed E-state index contributed by atoms with van der Waals surface area (Å²) >= 11 is 3.33. The van der Waals surface area contributed by atoms with Crippen molar-refractivity contribution in [3.8, 4) is 0 Å². The van der Waals surface area contributed by atoms with Gasteiger partial charge < -0.3 is 9.52 Å². The minimum absolute atomic E-state index is 0.524. The van der Waals surface area contributed by atoms with E-state index < -0.39 is 6.10 Å². The fourth-order valence-electron chi connectivity index (χ4n) is 1.88. The van der Waals surface area contributed by atoms with E-state index in [2.05, 4.69) is 20.9 Å². The number of aliphatic hydroxyl groups is 1. The Labute approximate surface area is 112 Å². The molecule has 3 nitrogen and oxygen atoms in total. The number of aromatic nitrogens is 1. The summed E-state index contributed by atoms with van der Waals surface area (Å²) in [5.41, 5.74) is 1.47. The second-order valence-electron chi connectivity index (χ2n) is 4.03. The Kier molecular flexibility index (Phi) is 2.89. The van der Waals surface area contributed by atoms with Crippen LogP contribution in [-0.2, 0) is 0 Å². The van der Waals surface area contributed by atoms with Crippen LogP contribution in [0.4, 0.5) is 0 Å². The third-order valence-electron chi connectivity index (χ3n) is 2.76. The molecule has 0 saturated carbocycles. The number of halogens is 1. The summed E-state index contributed by atoms with van der Waals surface area (Å²) in [6.07, 6.45) is 2.50. The van der Waals surface area contributed by atoms with Crippen LogP contribution in [0.5, 0.6) is 0 Å². The molecule has 0 aliphatic heterocycles. The van der Waals surface area contributed by atoms with E-state index in [0.717, 1.165) is 15.4 Å². The fourth-order valence-corrected chi connectivity index (χ4v) is 2.26. The number of fused-ring (bicyclic) bond motifs is 1. The molecule has 2 heterocycles. The normalized spacial score (nSPS) is 12.8. The lowest BCUT2D eigenvalue weighted by Crippen LogP contribution is -1.98. The number of benzene rings is 1. The van der Waals surface area contributed by atoms with Gasteiger partial charge in [0.2, 0.25) is 0 Å². The highest BCUT2D eigenvalue weighted by Crippen LogP contribution is 2.28. The van der Waals surface area contributed by atoms with Gasteiger partial charge in [0.15, 0.2) is 0 Å². The first-order valence-electron chi connectivity index (χ1n) is 5.51. The number of pyridine rings is 1. The summed E-state index contributed by atoms with van der Waals surface area (Å²) in [6.45, 7) is 0. The molecule has 0 aliphatic carbocycles. The summed E-state index contributed by atoms with van der Waals surface area (Å²) in [7, 11) is 0. The van der Waals surface area contributed by atoms with Crippen molar-refractivity contribution in [2.24, 2.45) is 0 Å². The highest BCUT2D eigenvalue weighted by atomic mass is 79.9. The molecular formula is C14H10BrNO2. The quantitative estimate of drug-likeness (QED) is 0.785. The number of hydrogen-bond donors (Lipinski definition) is 1. The van der Waals surface area contributed by atoms with Crippen molar-refractivity contribution in [3.63, 3.8) is 0 Å². The summed E-state index contributed by atoms with van der Waals surface area (Å²) in [6, 6.07) is 11.3. The van der Waals surface area contributed by atoms with Gasteiger partial charge in [-0.2, -0.15) is 0 Å². The Morgan fingerprint density at radius 1 is 1.17 bits per heavy atom. The maximum absolute atomic E-state index is 10.3. The molecule has 1 N–H and O–H groups in total. The molecule has 3 aromatic rings. The molecule has 0 spiro atoms. The third kappa shape index (κ3) is 2.05. The molecule has 90 valence electrons. The number of hydrogen-bond acceptors (Lipinski definition) is 3. The van der Waals surface area contributed by atoms with Crippen molar-refractivity contribution >= 4 is 26.9 Å². The molecule has 0 radical (unpaired) electrons. The van der Waals surface area contributed by atoms with Gasteiger partial charge in [-0.15, -0.1) is 0 Å². The van der Waals surface area contributed by atoms with Crippen molar-refractivity contribution in [1.29, 1.82) is 0 Å². The lowest BCUT2D eigenvalue weighted by molar-refractivity contribution is 0.192. The van der Waals surface area contributed by atoms with E-state index >= 15 is 0 Å². The average Bonchev–Trinajstić information content (AvgIpc) is 2.81. The minimum Gasteiger partial charge on any atom is -0.458 e. The zero-order chi connectivity index (χ0) is 12.5. The molecule has 0 saturated heterocycles. The molecule has 1 unspecified atom stereocenters. The van der Waals surface area contributed by atoms with Gasteiger partial charge in [0.1, 0.15) is 17.4 Å². The largest absolute Gasteiger partial charge is 0.458 e. The summed E-state index contributed by atoms with van der Waals surface area (Å²) in [5.74, 6) is 0.524. The third-order valence-corrected chi connectivity index (χ3v) is 3.19. The van der Waals surface area contributed by atoms with Gasteiger partial charge in [0.05, 0.1) is 0 Å². The molecule has 0 amide bonds. The predicted molar refractivity (Wildman–Crippen MR) is 72.2 cm³/mol. The molecule has 3 rings (SSSR count). The van der Waals surface area contributed by atoms with Crippen LogP contribution in [0.1, 0.15) is 17.4 Å². The fraction of sp³-hybridized carbons (Fsp3) is 0.0714. The van der Waals surface area contributed by atoms with Crippen LogP contribution in [0.3, 0.4) is 0 Å². The second-order valence-corrected chi connectivity index (χ2v) is 4.94. The van der Waals surface area contributed by atoms with E-state index in [-0.39, 0.29) is 0 Å². The molecule has 1 atom stereocenters. The van der Waals surface area contributed by atoms with E-state index in [1.807, 2.05) is 36.4 Å². The Hall–Kier alpha value is -1.65. The molecule has 0 fully saturated rings. The van der Waals surface area contributed by atoms with Crippen LogP contribution in [0.15, 0.2) is 57.7 Å². The van der Waals surface area contributed by atoms with Crippen LogP contribution in [0, 0.1) is 0 Å². The number of rotatable bonds is 2. The van der Waals surface area contributed by atoms with Crippen molar-refractivity contribution in [3.05, 3.63) is 64.6 Å². The molecule has 4 heteroatoms. The summed E-state index contributed by atoms with van der Waals surface area (Å²) in [5, 5.41) is 11.2. The van der Waals surface area contributed by atoms with Gasteiger partial charge >= 0.3 is 0 Å². The van der Waals surface area contributed by atoms with E-state index in [0.29, 0.717) is 11.3 Å². The zero-order valence-electron chi connectivity index (χ0n) is 9.38. The van der Waals surface area contributed by atoms with Crippen molar-refractivity contribution < 1.29 is 9.52 Å². The number of aliphatic hydroxyl groups excluding tert-OH is 1. The van der Waals surface area contributed by atoms with E-state index in [9.17, 15) is 5.11 Å². The SMILES string of the molecule is OC(c1cncc(Br)c1)c1cc2ccccc2o1. The van der Waals surface area contributed by atoms with Gasteiger partial charge in [0, 0.05) is 27.8 Å². The highest BCUT2D eigenvalue weighted by molar-refractivity contribution is 9.10. The Balaban J connectivity index is 2.03. The molecule has 18 heavy (non-hydrogen) atoms. The highest BCUT2D eigenvalue weighted by Gasteiger charge is 2.16. The Bertz CT molecular complexity index is 660. The Morgan fingerprint density at radius 3 is 2.78 bits per heavy atom. The molecule has 0 aliphatic rings. The minimum atomic E-state index is -0.803. The number of furan rings is 1. The van der Waals surface area contributed by atoms with Crippen LogP contribution in [0.25, 0.3) is 11.0 Å². The summed E-state index contributed by atoms with van der Waals surface area (Å²) in [4.78, 5) is 4.04. The molecule has 2 aromatic heterocycles. The van der Waals surface area contributed by atoms with Crippen molar-refractivity contribution in [2.75, 3.05) is 0 Å². The number of nitrogens with zero attached hydrogens (tertiary/aromatic N) is 1. The zero-order valence-corrected chi connectivity index (χ0v) is 11.0. The van der Waals surface area contributed by atoms with E-state index in [1.54, 1.807) is 12.4 Å². The first-order valence-corrected chi connectivity index (χ1v) is 6.30. The van der Waals surface area contributed by atoms with Crippen molar-refractivity contribution in [1.82, 2.24) is 4.98 Å². The van der Waals surface area contributed by atoms with Crippen LogP contribution < -0.4 is 0 Å².